The predicted octanol–water partition coefficient (Wildman–Crippen LogP) is 3.61. The van der Waals surface area contributed by atoms with Crippen molar-refractivity contribution in [3.05, 3.63) is 57.9 Å². The number of aromatic amines is 1. The van der Waals surface area contributed by atoms with Crippen LogP contribution < -0.4 is 5.32 Å². The highest BCUT2D eigenvalue weighted by atomic mass is 35.5. The first-order chi connectivity index (χ1) is 12.4. The fourth-order valence-electron chi connectivity index (χ4n) is 3.86. The number of aryl methyl sites for hydroxylation is 2. The number of benzene rings is 1. The van der Waals surface area contributed by atoms with Crippen LogP contribution in [0.1, 0.15) is 63.1 Å². The van der Waals surface area contributed by atoms with Crippen molar-refractivity contribution in [2.45, 2.75) is 40.2 Å². The zero-order chi connectivity index (χ0) is 18.8. The van der Waals surface area contributed by atoms with Gasteiger partial charge in [0.1, 0.15) is 5.69 Å². The number of piperazine rings is 1. The molecule has 1 unspecified atom stereocenters. The largest absolute Gasteiger partial charge is 0.354 e. The van der Waals surface area contributed by atoms with Crippen molar-refractivity contribution >= 4 is 24.1 Å². The number of hydrogen-bond acceptors (Lipinski definition) is 3. The van der Waals surface area contributed by atoms with Crippen LogP contribution in [0.15, 0.2) is 24.3 Å². The molecule has 2 heterocycles. The molecule has 0 saturated carbocycles. The van der Waals surface area contributed by atoms with Crippen molar-refractivity contribution in [3.8, 4) is 0 Å². The van der Waals surface area contributed by atoms with Crippen molar-refractivity contribution in [3.63, 3.8) is 0 Å². The minimum atomic E-state index is -0.0378. The summed E-state index contributed by atoms with van der Waals surface area (Å²) in [4.78, 5) is 30.2. The van der Waals surface area contributed by atoms with Crippen LogP contribution in [0, 0.1) is 13.8 Å². The van der Waals surface area contributed by atoms with Crippen molar-refractivity contribution in [1.82, 2.24) is 15.2 Å². The van der Waals surface area contributed by atoms with Gasteiger partial charge in [-0.15, -0.1) is 12.4 Å². The number of carbonyl (C=O) groups is 2. The molecule has 27 heavy (non-hydrogen) atoms. The van der Waals surface area contributed by atoms with E-state index in [1.54, 1.807) is 6.92 Å². The Kier molecular flexibility index (Phi) is 6.84. The number of carbonyl (C=O) groups excluding carboxylic acids is 2. The Bertz CT molecular complexity index is 827. The third kappa shape index (κ3) is 4.09. The van der Waals surface area contributed by atoms with Crippen LogP contribution in [0.25, 0.3) is 0 Å². The molecular formula is C21H28ClN3O2. The number of nitrogens with one attached hydrogen (secondary N) is 2. The summed E-state index contributed by atoms with van der Waals surface area (Å²) >= 11 is 0. The van der Waals surface area contributed by atoms with E-state index in [-0.39, 0.29) is 30.1 Å². The van der Waals surface area contributed by atoms with Crippen LogP contribution in [0.4, 0.5) is 0 Å². The van der Waals surface area contributed by atoms with E-state index >= 15 is 0 Å². The Morgan fingerprint density at radius 3 is 2.41 bits per heavy atom. The topological polar surface area (TPSA) is 65.2 Å². The molecule has 6 heteroatoms. The molecule has 0 aliphatic carbocycles. The molecule has 1 saturated heterocycles. The van der Waals surface area contributed by atoms with Gasteiger partial charge in [-0.05, 0) is 43.9 Å². The van der Waals surface area contributed by atoms with Crippen molar-refractivity contribution in [2.24, 2.45) is 0 Å². The van der Waals surface area contributed by atoms with Gasteiger partial charge in [-0.25, -0.2) is 0 Å². The normalized spacial score (nSPS) is 16.7. The lowest BCUT2D eigenvalue weighted by atomic mass is 10.00. The highest BCUT2D eigenvalue weighted by Gasteiger charge is 2.31. The summed E-state index contributed by atoms with van der Waals surface area (Å²) < 4.78 is 0. The van der Waals surface area contributed by atoms with E-state index in [1.165, 1.54) is 5.56 Å². The summed E-state index contributed by atoms with van der Waals surface area (Å²) in [6.45, 7) is 9.52. The average molecular weight is 390 g/mol. The first kappa shape index (κ1) is 21.2. The van der Waals surface area contributed by atoms with Gasteiger partial charge < -0.3 is 15.2 Å². The summed E-state index contributed by atoms with van der Waals surface area (Å²) in [7, 11) is 0. The van der Waals surface area contributed by atoms with Gasteiger partial charge in [0.25, 0.3) is 5.91 Å². The quantitative estimate of drug-likeness (QED) is 0.785. The fourth-order valence-corrected chi connectivity index (χ4v) is 3.86. The second kappa shape index (κ2) is 8.72. The van der Waals surface area contributed by atoms with Gasteiger partial charge in [0.05, 0.1) is 6.04 Å². The minimum Gasteiger partial charge on any atom is -0.354 e. The maximum atomic E-state index is 13.3. The predicted molar refractivity (Wildman–Crippen MR) is 110 cm³/mol. The molecule has 2 N–H and O–H groups in total. The third-order valence-electron chi connectivity index (χ3n) is 5.28. The molecule has 0 spiro atoms. The molecule has 146 valence electrons. The molecule has 3 rings (SSSR count). The molecular weight excluding hydrogens is 362 g/mol. The van der Waals surface area contributed by atoms with E-state index in [9.17, 15) is 9.59 Å². The van der Waals surface area contributed by atoms with Gasteiger partial charge in [0.2, 0.25) is 0 Å². The molecule has 1 amide bonds. The Hall–Kier alpha value is -2.11. The lowest BCUT2D eigenvalue weighted by Gasteiger charge is -2.36. The van der Waals surface area contributed by atoms with Crippen LogP contribution in [-0.4, -0.2) is 41.2 Å². The molecule has 0 radical (unpaired) electrons. The van der Waals surface area contributed by atoms with Crippen molar-refractivity contribution < 1.29 is 9.59 Å². The van der Waals surface area contributed by atoms with Gasteiger partial charge in [-0.1, -0.05) is 31.2 Å². The average Bonchev–Trinajstić information content (AvgIpc) is 2.95. The highest BCUT2D eigenvalue weighted by Crippen LogP contribution is 2.27. The second-order valence-corrected chi connectivity index (χ2v) is 6.99. The highest BCUT2D eigenvalue weighted by molar-refractivity contribution is 6.02. The molecule has 0 bridgehead atoms. The summed E-state index contributed by atoms with van der Waals surface area (Å²) in [6.07, 6.45) is 1.00. The van der Waals surface area contributed by atoms with Gasteiger partial charge in [-0.3, -0.25) is 9.59 Å². The Morgan fingerprint density at radius 1 is 1.19 bits per heavy atom. The fraction of sp³-hybridized carbons (Fsp3) is 0.429. The SMILES string of the molecule is CCc1ccc(C2CNCCN2C(=O)c2[nH]c(C)c(C(C)=O)c2C)cc1.Cl. The zero-order valence-corrected chi connectivity index (χ0v) is 17.2. The van der Waals surface area contributed by atoms with Gasteiger partial charge >= 0.3 is 0 Å². The number of amides is 1. The van der Waals surface area contributed by atoms with Crippen LogP contribution in [0.5, 0.6) is 0 Å². The van der Waals surface area contributed by atoms with Crippen LogP contribution in [0.3, 0.4) is 0 Å². The van der Waals surface area contributed by atoms with Gasteiger partial charge in [-0.2, -0.15) is 0 Å². The molecule has 1 aliphatic heterocycles. The number of halogens is 1. The van der Waals surface area contributed by atoms with Crippen LogP contribution in [0.2, 0.25) is 0 Å². The Balaban J connectivity index is 0.00000261. The monoisotopic (exact) mass is 389 g/mol. The number of ketones is 1. The number of H-pyrrole nitrogens is 1. The van der Waals surface area contributed by atoms with E-state index in [0.29, 0.717) is 17.8 Å². The van der Waals surface area contributed by atoms with Crippen LogP contribution >= 0.6 is 12.4 Å². The summed E-state index contributed by atoms with van der Waals surface area (Å²) in [5, 5.41) is 3.39. The number of rotatable bonds is 4. The number of nitrogens with zero attached hydrogens (tertiary/aromatic N) is 1. The van der Waals surface area contributed by atoms with E-state index < -0.39 is 0 Å². The smallest absolute Gasteiger partial charge is 0.271 e. The maximum absolute atomic E-state index is 13.3. The summed E-state index contributed by atoms with van der Waals surface area (Å²) in [5.41, 5.74) is 5.10. The van der Waals surface area contributed by atoms with E-state index in [1.807, 2.05) is 18.7 Å². The standard InChI is InChI=1S/C21H27N3O2.ClH/c1-5-16-6-8-17(9-7-16)18-12-22-10-11-24(18)21(26)20-13(2)19(15(4)25)14(3)23-20;/h6-9,18,22-23H,5,10-12H2,1-4H3;1H. The van der Waals surface area contributed by atoms with E-state index in [4.69, 9.17) is 0 Å². The third-order valence-corrected chi connectivity index (χ3v) is 5.28. The van der Waals surface area contributed by atoms with Crippen molar-refractivity contribution in [2.75, 3.05) is 19.6 Å². The number of hydrogen-bond donors (Lipinski definition) is 2. The molecule has 1 fully saturated rings. The maximum Gasteiger partial charge on any atom is 0.271 e. The summed E-state index contributed by atoms with van der Waals surface area (Å²) in [6, 6.07) is 8.48. The number of aromatic nitrogens is 1. The molecule has 1 atom stereocenters. The van der Waals surface area contributed by atoms with E-state index in [0.717, 1.165) is 36.3 Å². The molecule has 2 aromatic rings. The molecule has 1 aromatic carbocycles. The van der Waals surface area contributed by atoms with Crippen LogP contribution in [-0.2, 0) is 6.42 Å². The lowest BCUT2D eigenvalue weighted by molar-refractivity contribution is 0.0628. The lowest BCUT2D eigenvalue weighted by Crippen LogP contribution is -2.49. The molecule has 5 nitrogen and oxygen atoms in total. The second-order valence-electron chi connectivity index (χ2n) is 6.99. The zero-order valence-electron chi connectivity index (χ0n) is 16.4. The molecule has 1 aliphatic rings. The van der Waals surface area contributed by atoms with Gasteiger partial charge in [0.15, 0.2) is 5.78 Å². The minimum absolute atomic E-state index is 0. The Morgan fingerprint density at radius 2 is 1.85 bits per heavy atom. The molecule has 1 aromatic heterocycles. The Labute approximate surface area is 166 Å². The summed E-state index contributed by atoms with van der Waals surface area (Å²) in [5.74, 6) is -0.0496. The van der Waals surface area contributed by atoms with Gasteiger partial charge in [0, 0.05) is 30.9 Å². The number of Topliss-reactive ketones (excluding diaryl/α,β-unsaturated/α-hetero) is 1. The first-order valence-electron chi connectivity index (χ1n) is 9.24. The van der Waals surface area contributed by atoms with Crippen molar-refractivity contribution in [1.29, 1.82) is 0 Å². The first-order valence-corrected chi connectivity index (χ1v) is 9.24. The van der Waals surface area contributed by atoms with E-state index in [2.05, 4.69) is 41.5 Å².